The lowest BCUT2D eigenvalue weighted by molar-refractivity contribution is -0.129. The number of carbonyl (C=O) groups excluding carboxylic acids is 1. The van der Waals surface area contributed by atoms with Gasteiger partial charge < -0.3 is 10.4 Å². The smallest absolute Gasteiger partial charge is 0.253 e. The fraction of sp³-hybridized carbons (Fsp3) is 0.250. The fourth-order valence-electron chi connectivity index (χ4n) is 1.25. The molecule has 2 atom stereocenters. The van der Waals surface area contributed by atoms with Crippen molar-refractivity contribution in [3.63, 3.8) is 0 Å². The van der Waals surface area contributed by atoms with Crippen molar-refractivity contribution in [1.29, 1.82) is 0 Å². The maximum atomic E-state index is 11.6. The first-order valence-corrected chi connectivity index (χ1v) is 5.76. The van der Waals surface area contributed by atoms with Gasteiger partial charge in [-0.15, -0.1) is 6.58 Å². The molecule has 1 amide bonds. The molecule has 0 aliphatic carbocycles. The second-order valence-corrected chi connectivity index (χ2v) is 4.51. The van der Waals surface area contributed by atoms with Gasteiger partial charge in [0.05, 0.1) is 0 Å². The van der Waals surface area contributed by atoms with E-state index in [0.29, 0.717) is 15.6 Å². The van der Waals surface area contributed by atoms with E-state index in [-0.39, 0.29) is 6.04 Å². The predicted molar refractivity (Wildman–Crippen MR) is 69.2 cm³/mol. The topological polar surface area (TPSA) is 49.3 Å². The summed E-state index contributed by atoms with van der Waals surface area (Å²) in [5.41, 5.74) is 0.358. The number of hydrogen-bond acceptors (Lipinski definition) is 2. The Hall–Kier alpha value is -1.03. The molecule has 3 nitrogen and oxygen atoms in total. The number of rotatable bonds is 4. The van der Waals surface area contributed by atoms with Crippen molar-refractivity contribution >= 4 is 29.1 Å². The highest BCUT2D eigenvalue weighted by Gasteiger charge is 2.19. The average Bonchev–Trinajstić information content (AvgIpc) is 2.26. The summed E-state index contributed by atoms with van der Waals surface area (Å²) in [6.45, 7) is 5.29. The fourth-order valence-corrected chi connectivity index (χ4v) is 1.79. The van der Waals surface area contributed by atoms with Gasteiger partial charge in [-0.3, -0.25) is 4.79 Å². The van der Waals surface area contributed by atoms with Crippen LogP contribution in [0.1, 0.15) is 18.6 Å². The lowest BCUT2D eigenvalue weighted by Gasteiger charge is -2.14. The van der Waals surface area contributed by atoms with Crippen LogP contribution in [0.25, 0.3) is 0 Å². The summed E-state index contributed by atoms with van der Waals surface area (Å²) in [6.07, 6.45) is 0.267. The largest absolute Gasteiger partial charge is 0.378 e. The zero-order chi connectivity index (χ0) is 13.0. The predicted octanol–water partition coefficient (Wildman–Crippen LogP) is 2.72. The molecule has 0 saturated heterocycles. The maximum Gasteiger partial charge on any atom is 0.253 e. The van der Waals surface area contributed by atoms with Crippen LogP contribution in [0.15, 0.2) is 30.9 Å². The molecule has 0 aliphatic rings. The molecule has 5 heteroatoms. The van der Waals surface area contributed by atoms with Crippen molar-refractivity contribution in [3.05, 3.63) is 46.5 Å². The molecule has 1 aromatic carbocycles. The molecule has 17 heavy (non-hydrogen) atoms. The number of aliphatic hydroxyl groups is 1. The third-order valence-electron chi connectivity index (χ3n) is 2.17. The van der Waals surface area contributed by atoms with Crippen LogP contribution in [-0.4, -0.2) is 17.1 Å². The van der Waals surface area contributed by atoms with Crippen LogP contribution < -0.4 is 5.32 Å². The minimum absolute atomic E-state index is 0.216. The number of amides is 1. The Kier molecular flexibility index (Phi) is 5.00. The van der Waals surface area contributed by atoms with Gasteiger partial charge in [0.15, 0.2) is 6.10 Å². The first-order chi connectivity index (χ1) is 7.93. The van der Waals surface area contributed by atoms with Crippen LogP contribution in [0.5, 0.6) is 0 Å². The van der Waals surface area contributed by atoms with Gasteiger partial charge in [0.25, 0.3) is 5.91 Å². The van der Waals surface area contributed by atoms with E-state index < -0.39 is 12.0 Å². The van der Waals surface area contributed by atoms with Crippen LogP contribution >= 0.6 is 23.2 Å². The van der Waals surface area contributed by atoms with E-state index in [2.05, 4.69) is 11.9 Å². The maximum absolute atomic E-state index is 11.6. The molecule has 0 fully saturated rings. The minimum Gasteiger partial charge on any atom is -0.378 e. The molecule has 0 bridgehead atoms. The molecular weight excluding hydrogens is 261 g/mol. The number of carbonyl (C=O) groups is 1. The second-order valence-electron chi connectivity index (χ2n) is 3.64. The highest BCUT2D eigenvalue weighted by atomic mass is 35.5. The third-order valence-corrected chi connectivity index (χ3v) is 2.61. The van der Waals surface area contributed by atoms with E-state index in [1.54, 1.807) is 13.0 Å². The van der Waals surface area contributed by atoms with Gasteiger partial charge >= 0.3 is 0 Å². The van der Waals surface area contributed by atoms with Crippen molar-refractivity contribution in [2.24, 2.45) is 0 Å². The number of hydrogen-bond donors (Lipinski definition) is 2. The Bertz CT molecular complexity index is 414. The lowest BCUT2D eigenvalue weighted by atomic mass is 10.1. The summed E-state index contributed by atoms with van der Waals surface area (Å²) in [5, 5.41) is 13.1. The molecule has 1 rings (SSSR count). The Morgan fingerprint density at radius 3 is 2.41 bits per heavy atom. The minimum atomic E-state index is -1.30. The number of nitrogens with one attached hydrogen (secondary N) is 1. The van der Waals surface area contributed by atoms with Gasteiger partial charge in [0, 0.05) is 16.1 Å². The summed E-state index contributed by atoms with van der Waals surface area (Å²) in [4.78, 5) is 11.6. The van der Waals surface area contributed by atoms with Crippen LogP contribution in [0.3, 0.4) is 0 Å². The van der Waals surface area contributed by atoms with Crippen LogP contribution in [0.2, 0.25) is 10.0 Å². The summed E-state index contributed by atoms with van der Waals surface area (Å²) in [5.74, 6) is -0.518. The molecule has 0 saturated carbocycles. The van der Waals surface area contributed by atoms with E-state index in [4.69, 9.17) is 23.2 Å². The first kappa shape index (κ1) is 14.0. The monoisotopic (exact) mass is 273 g/mol. The van der Waals surface area contributed by atoms with E-state index in [1.165, 1.54) is 18.2 Å². The van der Waals surface area contributed by atoms with Crippen molar-refractivity contribution in [2.45, 2.75) is 19.1 Å². The van der Waals surface area contributed by atoms with Gasteiger partial charge in [0.2, 0.25) is 0 Å². The molecule has 0 spiro atoms. The molecule has 1 aromatic rings. The summed E-state index contributed by atoms with van der Waals surface area (Å²) in [6, 6.07) is 4.31. The Morgan fingerprint density at radius 2 is 1.94 bits per heavy atom. The molecule has 0 aliphatic heterocycles. The van der Waals surface area contributed by atoms with Gasteiger partial charge in [-0.2, -0.15) is 0 Å². The Labute approximate surface area is 110 Å². The standard InChI is InChI=1S/C12H13Cl2NO2/c1-3-7(2)15-12(17)11(16)8-4-9(13)6-10(14)5-8/h3-7,11,16H,1H2,2H3,(H,15,17)/t7-,11-/m0/s1. The number of aliphatic hydroxyl groups excluding tert-OH is 1. The summed E-state index contributed by atoms with van der Waals surface area (Å²) < 4.78 is 0. The molecule has 0 heterocycles. The van der Waals surface area contributed by atoms with E-state index >= 15 is 0 Å². The van der Waals surface area contributed by atoms with Crippen molar-refractivity contribution in [3.8, 4) is 0 Å². The van der Waals surface area contributed by atoms with Crippen molar-refractivity contribution < 1.29 is 9.90 Å². The van der Waals surface area contributed by atoms with Gasteiger partial charge in [-0.25, -0.2) is 0 Å². The molecule has 92 valence electrons. The number of benzene rings is 1. The Balaban J connectivity index is 2.84. The molecule has 0 radical (unpaired) electrons. The second kappa shape index (κ2) is 6.05. The highest BCUT2D eigenvalue weighted by Crippen LogP contribution is 2.23. The van der Waals surface area contributed by atoms with E-state index in [9.17, 15) is 9.90 Å². The zero-order valence-corrected chi connectivity index (χ0v) is 10.8. The summed E-state index contributed by atoms with van der Waals surface area (Å²) in [7, 11) is 0. The van der Waals surface area contributed by atoms with Crippen LogP contribution in [0.4, 0.5) is 0 Å². The van der Waals surface area contributed by atoms with Crippen molar-refractivity contribution in [1.82, 2.24) is 5.32 Å². The van der Waals surface area contributed by atoms with Gasteiger partial charge in [0.1, 0.15) is 0 Å². The average molecular weight is 274 g/mol. The zero-order valence-electron chi connectivity index (χ0n) is 9.28. The highest BCUT2D eigenvalue weighted by molar-refractivity contribution is 6.34. The van der Waals surface area contributed by atoms with Gasteiger partial charge in [-0.1, -0.05) is 29.3 Å². The molecule has 0 aromatic heterocycles. The lowest BCUT2D eigenvalue weighted by Crippen LogP contribution is -2.35. The third kappa shape index (κ3) is 4.04. The first-order valence-electron chi connectivity index (χ1n) is 5.01. The van der Waals surface area contributed by atoms with Crippen LogP contribution in [0, 0.1) is 0 Å². The normalized spacial score (nSPS) is 13.9. The van der Waals surface area contributed by atoms with Crippen molar-refractivity contribution in [2.75, 3.05) is 0 Å². The quantitative estimate of drug-likeness (QED) is 0.829. The molecule has 0 unspecified atom stereocenters. The van der Waals surface area contributed by atoms with E-state index in [0.717, 1.165) is 0 Å². The summed E-state index contributed by atoms with van der Waals surface area (Å²) >= 11 is 11.6. The SMILES string of the molecule is C=C[C@H](C)NC(=O)[C@@H](O)c1cc(Cl)cc(Cl)c1. The molecule has 2 N–H and O–H groups in total. The van der Waals surface area contributed by atoms with E-state index in [1.807, 2.05) is 0 Å². The van der Waals surface area contributed by atoms with Crippen LogP contribution in [-0.2, 0) is 4.79 Å². The molecular formula is C12H13Cl2NO2. The Morgan fingerprint density at radius 1 is 1.41 bits per heavy atom. The number of halogens is 2. The van der Waals surface area contributed by atoms with Gasteiger partial charge in [-0.05, 0) is 30.7 Å².